The van der Waals surface area contributed by atoms with Crippen molar-refractivity contribution < 1.29 is 5.11 Å². The fraction of sp³-hybridized carbons (Fsp3) is 0.294. The van der Waals surface area contributed by atoms with Gasteiger partial charge < -0.3 is 10.4 Å². The van der Waals surface area contributed by atoms with E-state index >= 15 is 0 Å². The van der Waals surface area contributed by atoms with Crippen LogP contribution in [0.1, 0.15) is 30.0 Å². The summed E-state index contributed by atoms with van der Waals surface area (Å²) in [5, 5.41) is 12.5. The minimum Gasteiger partial charge on any atom is -0.392 e. The van der Waals surface area contributed by atoms with Gasteiger partial charge in [0.05, 0.1) is 6.61 Å². The summed E-state index contributed by atoms with van der Waals surface area (Å²) >= 11 is 0. The second-order valence-corrected chi connectivity index (χ2v) is 4.74. The average Bonchev–Trinajstić information content (AvgIpc) is 2.47. The lowest BCUT2D eigenvalue weighted by Gasteiger charge is -2.11. The summed E-state index contributed by atoms with van der Waals surface area (Å²) < 4.78 is 0. The van der Waals surface area contributed by atoms with Crippen LogP contribution < -0.4 is 5.32 Å². The van der Waals surface area contributed by atoms with E-state index in [4.69, 9.17) is 5.11 Å². The molecule has 0 aliphatic rings. The molecule has 0 aliphatic carbocycles. The molecule has 0 heterocycles. The highest BCUT2D eigenvalue weighted by Crippen LogP contribution is 2.18. The standard InChI is InChI=1S/C17H21NO/c1-2-5-16-6-3-4-7-17(16)18-12-14-8-10-15(13-19)11-9-14/h3-4,6-11,18-19H,2,5,12-13H2,1H3. The van der Waals surface area contributed by atoms with E-state index in [0.29, 0.717) is 0 Å². The van der Waals surface area contributed by atoms with Crippen LogP contribution in [0.5, 0.6) is 0 Å². The predicted octanol–water partition coefficient (Wildman–Crippen LogP) is 3.74. The molecule has 19 heavy (non-hydrogen) atoms. The molecule has 0 spiro atoms. The second kappa shape index (κ2) is 6.95. The first kappa shape index (κ1) is 13.6. The molecule has 0 aliphatic heterocycles. The van der Waals surface area contributed by atoms with Gasteiger partial charge in [0.1, 0.15) is 0 Å². The second-order valence-electron chi connectivity index (χ2n) is 4.74. The first-order valence-corrected chi connectivity index (χ1v) is 6.84. The molecule has 0 aromatic heterocycles. The molecule has 0 unspecified atom stereocenters. The summed E-state index contributed by atoms with van der Waals surface area (Å²) in [5.41, 5.74) is 4.77. The molecule has 2 heteroatoms. The molecule has 0 radical (unpaired) electrons. The zero-order valence-electron chi connectivity index (χ0n) is 11.4. The first-order chi connectivity index (χ1) is 9.33. The minimum absolute atomic E-state index is 0.104. The van der Waals surface area contributed by atoms with Crippen molar-refractivity contribution in [3.05, 3.63) is 65.2 Å². The van der Waals surface area contributed by atoms with Gasteiger partial charge in [-0.25, -0.2) is 0 Å². The van der Waals surface area contributed by atoms with Gasteiger partial charge in [-0.2, -0.15) is 0 Å². The molecule has 0 fully saturated rings. The van der Waals surface area contributed by atoms with Crippen LogP contribution in [0.4, 0.5) is 5.69 Å². The van der Waals surface area contributed by atoms with Gasteiger partial charge in [-0.3, -0.25) is 0 Å². The predicted molar refractivity (Wildman–Crippen MR) is 80.1 cm³/mol. The molecule has 2 N–H and O–H groups in total. The molecular formula is C17H21NO. The van der Waals surface area contributed by atoms with Crippen molar-refractivity contribution in [2.24, 2.45) is 0 Å². The Morgan fingerprint density at radius 2 is 1.63 bits per heavy atom. The largest absolute Gasteiger partial charge is 0.392 e. The number of aryl methyl sites for hydroxylation is 1. The average molecular weight is 255 g/mol. The Morgan fingerprint density at radius 1 is 0.947 bits per heavy atom. The first-order valence-electron chi connectivity index (χ1n) is 6.84. The van der Waals surface area contributed by atoms with Gasteiger partial charge in [0.25, 0.3) is 0 Å². The van der Waals surface area contributed by atoms with E-state index in [1.165, 1.54) is 16.8 Å². The number of anilines is 1. The van der Waals surface area contributed by atoms with Gasteiger partial charge in [0.2, 0.25) is 0 Å². The van der Waals surface area contributed by atoms with Gasteiger partial charge in [-0.05, 0) is 29.2 Å². The summed E-state index contributed by atoms with van der Waals surface area (Å²) in [5.74, 6) is 0. The molecule has 0 atom stereocenters. The Morgan fingerprint density at radius 3 is 2.32 bits per heavy atom. The Bertz CT molecular complexity index is 505. The van der Waals surface area contributed by atoms with Crippen LogP contribution in [0.3, 0.4) is 0 Å². The lowest BCUT2D eigenvalue weighted by Crippen LogP contribution is -2.02. The third kappa shape index (κ3) is 3.83. The number of aliphatic hydroxyl groups excluding tert-OH is 1. The van der Waals surface area contributed by atoms with E-state index in [9.17, 15) is 0 Å². The lowest BCUT2D eigenvalue weighted by molar-refractivity contribution is 0.282. The van der Waals surface area contributed by atoms with Crippen LogP contribution in [0.2, 0.25) is 0 Å². The molecule has 100 valence electrons. The monoisotopic (exact) mass is 255 g/mol. The molecule has 0 amide bonds. The third-order valence-corrected chi connectivity index (χ3v) is 3.23. The third-order valence-electron chi connectivity index (χ3n) is 3.23. The van der Waals surface area contributed by atoms with E-state index in [2.05, 4.69) is 48.6 Å². The van der Waals surface area contributed by atoms with E-state index < -0.39 is 0 Å². The van der Waals surface area contributed by atoms with Crippen molar-refractivity contribution in [1.29, 1.82) is 0 Å². The highest BCUT2D eigenvalue weighted by Gasteiger charge is 2.00. The van der Waals surface area contributed by atoms with E-state index in [0.717, 1.165) is 24.9 Å². The molecule has 2 aromatic carbocycles. The van der Waals surface area contributed by atoms with Gasteiger partial charge in [-0.15, -0.1) is 0 Å². The van der Waals surface area contributed by atoms with Crippen molar-refractivity contribution in [2.75, 3.05) is 5.32 Å². The summed E-state index contributed by atoms with van der Waals surface area (Å²) in [7, 11) is 0. The number of para-hydroxylation sites is 1. The molecule has 2 aromatic rings. The quantitative estimate of drug-likeness (QED) is 0.824. The SMILES string of the molecule is CCCc1ccccc1NCc1ccc(CO)cc1. The lowest BCUT2D eigenvalue weighted by atomic mass is 10.1. The van der Waals surface area contributed by atoms with Crippen LogP contribution in [0, 0.1) is 0 Å². The maximum absolute atomic E-state index is 9.02. The van der Waals surface area contributed by atoms with Crippen molar-refractivity contribution in [3.63, 3.8) is 0 Å². The van der Waals surface area contributed by atoms with E-state index in [1.54, 1.807) is 0 Å². The fourth-order valence-electron chi connectivity index (χ4n) is 2.14. The molecule has 0 saturated heterocycles. The van der Waals surface area contributed by atoms with Gasteiger partial charge in [-0.1, -0.05) is 55.8 Å². The van der Waals surface area contributed by atoms with Crippen molar-refractivity contribution in [2.45, 2.75) is 32.9 Å². The summed E-state index contributed by atoms with van der Waals surface area (Å²) in [6.45, 7) is 3.11. The number of hydrogen-bond acceptors (Lipinski definition) is 2. The van der Waals surface area contributed by atoms with Crippen LogP contribution in [-0.4, -0.2) is 5.11 Å². The highest BCUT2D eigenvalue weighted by molar-refractivity contribution is 5.51. The molecule has 2 nitrogen and oxygen atoms in total. The molecule has 0 bridgehead atoms. The Kier molecular flexibility index (Phi) is 4.99. The Hall–Kier alpha value is -1.80. The van der Waals surface area contributed by atoms with Crippen LogP contribution in [0.25, 0.3) is 0 Å². The number of nitrogens with one attached hydrogen (secondary N) is 1. The number of rotatable bonds is 6. The van der Waals surface area contributed by atoms with Crippen molar-refractivity contribution in [1.82, 2.24) is 0 Å². The zero-order valence-corrected chi connectivity index (χ0v) is 11.4. The smallest absolute Gasteiger partial charge is 0.0681 e. The van der Waals surface area contributed by atoms with Gasteiger partial charge in [0.15, 0.2) is 0 Å². The molecule has 2 rings (SSSR count). The van der Waals surface area contributed by atoms with Crippen LogP contribution in [-0.2, 0) is 19.6 Å². The van der Waals surface area contributed by atoms with Gasteiger partial charge in [0, 0.05) is 12.2 Å². The fourth-order valence-corrected chi connectivity index (χ4v) is 2.14. The minimum atomic E-state index is 0.104. The Labute approximate surface area is 115 Å². The number of aliphatic hydroxyl groups is 1. The Balaban J connectivity index is 2.01. The molecule has 0 saturated carbocycles. The maximum atomic E-state index is 9.02. The topological polar surface area (TPSA) is 32.3 Å². The molecular weight excluding hydrogens is 234 g/mol. The van der Waals surface area contributed by atoms with E-state index in [1.807, 2.05) is 12.1 Å². The van der Waals surface area contributed by atoms with Crippen LogP contribution in [0.15, 0.2) is 48.5 Å². The highest BCUT2D eigenvalue weighted by atomic mass is 16.3. The van der Waals surface area contributed by atoms with Crippen LogP contribution >= 0.6 is 0 Å². The normalized spacial score (nSPS) is 10.4. The van der Waals surface area contributed by atoms with E-state index in [-0.39, 0.29) is 6.61 Å². The van der Waals surface area contributed by atoms with Gasteiger partial charge >= 0.3 is 0 Å². The number of hydrogen-bond donors (Lipinski definition) is 2. The number of benzene rings is 2. The van der Waals surface area contributed by atoms with Crippen molar-refractivity contribution in [3.8, 4) is 0 Å². The summed E-state index contributed by atoms with van der Waals surface area (Å²) in [4.78, 5) is 0. The summed E-state index contributed by atoms with van der Waals surface area (Å²) in [6.07, 6.45) is 2.26. The maximum Gasteiger partial charge on any atom is 0.0681 e. The van der Waals surface area contributed by atoms with Crippen molar-refractivity contribution >= 4 is 5.69 Å². The summed E-state index contributed by atoms with van der Waals surface area (Å²) in [6, 6.07) is 16.5. The zero-order chi connectivity index (χ0) is 13.5.